The van der Waals surface area contributed by atoms with Gasteiger partial charge in [0.05, 0.1) is 0 Å². The summed E-state index contributed by atoms with van der Waals surface area (Å²) in [4.78, 5) is 11.8. The van der Waals surface area contributed by atoms with E-state index in [1.54, 1.807) is 9.13 Å². The second kappa shape index (κ2) is 6.33. The van der Waals surface area contributed by atoms with Crippen molar-refractivity contribution in [2.45, 2.75) is 33.4 Å². The Kier molecular flexibility index (Phi) is 5.05. The Bertz CT molecular complexity index is 389. The molecule has 0 amide bonds. The van der Waals surface area contributed by atoms with Gasteiger partial charge in [-0.2, -0.15) is 0 Å². The van der Waals surface area contributed by atoms with Gasteiger partial charge in [-0.3, -0.25) is 9.13 Å². The average Bonchev–Trinajstić information content (AvgIpc) is 2.59. The molecule has 90 valence electrons. The van der Waals surface area contributed by atoms with Gasteiger partial charge in [0, 0.05) is 32.0 Å². The number of nitrogens with one attached hydrogen (secondary N) is 1. The van der Waals surface area contributed by atoms with Crippen molar-refractivity contribution in [1.29, 1.82) is 0 Å². The zero-order valence-electron chi connectivity index (χ0n) is 10.2. The van der Waals surface area contributed by atoms with Crippen LogP contribution in [-0.2, 0) is 13.1 Å². The fourth-order valence-corrected chi connectivity index (χ4v) is 1.58. The molecule has 16 heavy (non-hydrogen) atoms. The summed E-state index contributed by atoms with van der Waals surface area (Å²) in [7, 11) is 0. The van der Waals surface area contributed by atoms with Crippen LogP contribution < -0.4 is 11.0 Å². The first-order valence-corrected chi connectivity index (χ1v) is 5.82. The Balaban J connectivity index is 2.60. The Labute approximate surface area is 96.6 Å². The van der Waals surface area contributed by atoms with Crippen LogP contribution in [0.15, 0.2) is 29.3 Å². The van der Waals surface area contributed by atoms with Crippen LogP contribution in [0.3, 0.4) is 0 Å². The Morgan fingerprint density at radius 2 is 2.06 bits per heavy atom. The minimum absolute atomic E-state index is 0.0551. The van der Waals surface area contributed by atoms with Crippen molar-refractivity contribution in [1.82, 2.24) is 14.5 Å². The molecule has 0 fully saturated rings. The fraction of sp³-hybridized carbons (Fsp3) is 0.583. The van der Waals surface area contributed by atoms with Crippen molar-refractivity contribution >= 4 is 0 Å². The van der Waals surface area contributed by atoms with Crippen molar-refractivity contribution in [2.75, 3.05) is 13.1 Å². The van der Waals surface area contributed by atoms with Crippen LogP contribution >= 0.6 is 0 Å². The molecule has 0 unspecified atom stereocenters. The van der Waals surface area contributed by atoms with E-state index >= 15 is 0 Å². The number of rotatable bonds is 7. The molecule has 0 aliphatic heterocycles. The van der Waals surface area contributed by atoms with Gasteiger partial charge in [-0.1, -0.05) is 20.4 Å². The van der Waals surface area contributed by atoms with Crippen LogP contribution in [0.1, 0.15) is 20.3 Å². The maximum absolute atomic E-state index is 11.8. The van der Waals surface area contributed by atoms with E-state index in [2.05, 4.69) is 25.7 Å². The number of nitrogens with zero attached hydrogens (tertiary/aromatic N) is 2. The lowest BCUT2D eigenvalue weighted by atomic mass is 10.3. The largest absolute Gasteiger partial charge is 0.328 e. The van der Waals surface area contributed by atoms with Gasteiger partial charge in [-0.05, 0) is 18.5 Å². The minimum atomic E-state index is 0.0551. The number of hydrogen-bond donors (Lipinski definition) is 1. The van der Waals surface area contributed by atoms with E-state index in [0.717, 1.165) is 31.6 Å². The molecule has 0 spiro atoms. The van der Waals surface area contributed by atoms with Crippen molar-refractivity contribution in [2.24, 2.45) is 0 Å². The highest BCUT2D eigenvalue weighted by molar-refractivity contribution is 4.98. The van der Waals surface area contributed by atoms with Crippen molar-refractivity contribution in [3.63, 3.8) is 0 Å². The SMILES string of the molecule is C=C(CNCC)Cn1ccn(CCC)c1=O. The standard InChI is InChI=1S/C12H21N3O/c1-4-6-14-7-8-15(12(14)16)10-11(3)9-13-5-2/h7-8,13H,3-6,9-10H2,1-2H3. The molecule has 1 rings (SSSR count). The number of imidazole rings is 1. The van der Waals surface area contributed by atoms with Gasteiger partial charge in [0.15, 0.2) is 0 Å². The lowest BCUT2D eigenvalue weighted by molar-refractivity contribution is 0.615. The maximum atomic E-state index is 11.8. The lowest BCUT2D eigenvalue weighted by Gasteiger charge is -2.06. The summed E-state index contributed by atoms with van der Waals surface area (Å²) in [5.74, 6) is 0. The summed E-state index contributed by atoms with van der Waals surface area (Å²) >= 11 is 0. The third-order valence-electron chi connectivity index (χ3n) is 2.40. The second-order valence-electron chi connectivity index (χ2n) is 3.93. The first-order chi connectivity index (χ1) is 7.69. The molecule has 1 aromatic rings. The normalized spacial score (nSPS) is 10.6. The lowest BCUT2D eigenvalue weighted by Crippen LogP contribution is -2.26. The quantitative estimate of drug-likeness (QED) is 0.706. The Morgan fingerprint density at radius 3 is 2.69 bits per heavy atom. The summed E-state index contributed by atoms with van der Waals surface area (Å²) in [6, 6.07) is 0. The number of aryl methyl sites for hydroxylation is 1. The Hall–Kier alpha value is -1.29. The number of hydrogen-bond acceptors (Lipinski definition) is 2. The molecule has 0 aliphatic rings. The molecule has 0 saturated carbocycles. The summed E-state index contributed by atoms with van der Waals surface area (Å²) < 4.78 is 3.44. The van der Waals surface area contributed by atoms with E-state index in [0.29, 0.717) is 6.54 Å². The van der Waals surface area contributed by atoms with Crippen LogP contribution in [0.25, 0.3) is 0 Å². The second-order valence-corrected chi connectivity index (χ2v) is 3.93. The predicted molar refractivity (Wildman–Crippen MR) is 66.7 cm³/mol. The van der Waals surface area contributed by atoms with Gasteiger partial charge in [-0.25, -0.2) is 4.79 Å². The minimum Gasteiger partial charge on any atom is -0.313 e. The maximum Gasteiger partial charge on any atom is 0.328 e. The molecule has 0 bridgehead atoms. The molecule has 4 nitrogen and oxygen atoms in total. The zero-order chi connectivity index (χ0) is 12.0. The first-order valence-electron chi connectivity index (χ1n) is 5.82. The highest BCUT2D eigenvalue weighted by Gasteiger charge is 2.03. The number of likely N-dealkylation sites (N-methyl/N-ethyl adjacent to an activating group) is 1. The average molecular weight is 223 g/mol. The highest BCUT2D eigenvalue weighted by Crippen LogP contribution is 1.95. The molecular formula is C12H21N3O. The van der Waals surface area contributed by atoms with Crippen LogP contribution in [0, 0.1) is 0 Å². The number of aromatic nitrogens is 2. The molecule has 4 heteroatoms. The summed E-state index contributed by atoms with van der Waals surface area (Å²) in [6.45, 7) is 11.1. The molecule has 0 atom stereocenters. The molecular weight excluding hydrogens is 202 g/mol. The van der Waals surface area contributed by atoms with Crippen molar-refractivity contribution in [3.8, 4) is 0 Å². The van der Waals surface area contributed by atoms with Crippen LogP contribution in [0.5, 0.6) is 0 Å². The van der Waals surface area contributed by atoms with E-state index < -0.39 is 0 Å². The van der Waals surface area contributed by atoms with E-state index in [1.807, 2.05) is 12.4 Å². The molecule has 1 aromatic heterocycles. The van der Waals surface area contributed by atoms with Gasteiger partial charge < -0.3 is 5.32 Å². The molecule has 0 aromatic carbocycles. The van der Waals surface area contributed by atoms with Crippen LogP contribution in [0.2, 0.25) is 0 Å². The molecule has 1 N–H and O–H groups in total. The van der Waals surface area contributed by atoms with E-state index in [1.165, 1.54) is 0 Å². The van der Waals surface area contributed by atoms with E-state index in [9.17, 15) is 4.79 Å². The van der Waals surface area contributed by atoms with E-state index in [4.69, 9.17) is 0 Å². The summed E-state index contributed by atoms with van der Waals surface area (Å²) in [6.07, 6.45) is 4.64. The predicted octanol–water partition coefficient (Wildman–Crippen LogP) is 1.23. The van der Waals surface area contributed by atoms with E-state index in [-0.39, 0.29) is 5.69 Å². The smallest absolute Gasteiger partial charge is 0.313 e. The van der Waals surface area contributed by atoms with Crippen molar-refractivity contribution < 1.29 is 0 Å². The fourth-order valence-electron chi connectivity index (χ4n) is 1.58. The monoisotopic (exact) mass is 223 g/mol. The topological polar surface area (TPSA) is 39.0 Å². The third-order valence-corrected chi connectivity index (χ3v) is 2.40. The van der Waals surface area contributed by atoms with Crippen LogP contribution in [-0.4, -0.2) is 22.2 Å². The highest BCUT2D eigenvalue weighted by atomic mass is 16.1. The molecule has 0 aliphatic carbocycles. The third kappa shape index (κ3) is 3.38. The van der Waals surface area contributed by atoms with Gasteiger partial charge in [-0.15, -0.1) is 0 Å². The van der Waals surface area contributed by atoms with Gasteiger partial charge in [0.1, 0.15) is 0 Å². The first kappa shape index (κ1) is 12.8. The van der Waals surface area contributed by atoms with Gasteiger partial charge >= 0.3 is 5.69 Å². The summed E-state index contributed by atoms with van der Waals surface area (Å²) in [5.41, 5.74) is 1.08. The zero-order valence-corrected chi connectivity index (χ0v) is 10.2. The summed E-state index contributed by atoms with van der Waals surface area (Å²) in [5, 5.41) is 3.20. The van der Waals surface area contributed by atoms with Gasteiger partial charge in [0.25, 0.3) is 0 Å². The molecule has 1 heterocycles. The Morgan fingerprint density at radius 1 is 1.38 bits per heavy atom. The van der Waals surface area contributed by atoms with Crippen molar-refractivity contribution in [3.05, 3.63) is 35.0 Å². The van der Waals surface area contributed by atoms with Crippen LogP contribution in [0.4, 0.5) is 0 Å². The van der Waals surface area contributed by atoms with Gasteiger partial charge in [0.2, 0.25) is 0 Å². The molecule has 0 saturated heterocycles. The molecule has 0 radical (unpaired) electrons.